The molecular formula is C24H33N3O5. The molecule has 1 aliphatic heterocycles. The molecule has 2 unspecified atom stereocenters. The van der Waals surface area contributed by atoms with E-state index in [-0.39, 0.29) is 18.0 Å². The highest BCUT2D eigenvalue weighted by Crippen LogP contribution is 2.33. The Balaban J connectivity index is 1.53. The minimum atomic E-state index is -0.328. The van der Waals surface area contributed by atoms with Crippen molar-refractivity contribution in [1.82, 2.24) is 16.2 Å². The highest BCUT2D eigenvalue weighted by molar-refractivity contribution is 5.82. The van der Waals surface area contributed by atoms with Crippen LogP contribution in [0.25, 0.3) is 0 Å². The van der Waals surface area contributed by atoms with Crippen molar-refractivity contribution < 1.29 is 23.7 Å². The molecule has 0 radical (unpaired) electrons. The maximum Gasteiger partial charge on any atom is 0.238 e. The predicted molar refractivity (Wildman–Crippen MR) is 122 cm³/mol. The van der Waals surface area contributed by atoms with E-state index < -0.39 is 0 Å². The third kappa shape index (κ3) is 5.83. The predicted octanol–water partition coefficient (Wildman–Crippen LogP) is 2.77. The summed E-state index contributed by atoms with van der Waals surface area (Å²) in [7, 11) is 3.25. The molecule has 0 spiro atoms. The van der Waals surface area contributed by atoms with Crippen LogP contribution in [-0.2, 0) is 11.2 Å². The SMILES string of the molecule is CCOc1ccc(CCNC(=O)C2CC(c3ccc(OC)cc3OC)NN2)cc1OCC. The number of hydrogen-bond acceptors (Lipinski definition) is 7. The zero-order valence-corrected chi connectivity index (χ0v) is 19.2. The lowest BCUT2D eigenvalue weighted by Crippen LogP contribution is -2.43. The molecule has 2 atom stereocenters. The van der Waals surface area contributed by atoms with Crippen molar-refractivity contribution in [2.45, 2.75) is 38.8 Å². The summed E-state index contributed by atoms with van der Waals surface area (Å²) in [5.74, 6) is 2.89. The summed E-state index contributed by atoms with van der Waals surface area (Å²) in [6.07, 6.45) is 1.32. The minimum absolute atomic E-state index is 0.0357. The average molecular weight is 444 g/mol. The Bertz CT molecular complexity index is 905. The lowest BCUT2D eigenvalue weighted by Gasteiger charge is -2.15. The van der Waals surface area contributed by atoms with E-state index in [4.69, 9.17) is 18.9 Å². The molecule has 3 rings (SSSR count). The monoisotopic (exact) mass is 443 g/mol. The van der Waals surface area contributed by atoms with Gasteiger partial charge in [-0.3, -0.25) is 4.79 Å². The quantitative estimate of drug-likeness (QED) is 0.492. The van der Waals surface area contributed by atoms with Gasteiger partial charge in [0, 0.05) is 18.2 Å². The van der Waals surface area contributed by atoms with E-state index in [2.05, 4.69) is 16.2 Å². The largest absolute Gasteiger partial charge is 0.497 e. The number of amides is 1. The first-order valence-corrected chi connectivity index (χ1v) is 11.0. The molecule has 1 heterocycles. The maximum atomic E-state index is 12.7. The third-order valence-corrected chi connectivity index (χ3v) is 5.36. The number of hydrazine groups is 1. The fraction of sp³-hybridized carbons (Fsp3) is 0.458. The zero-order chi connectivity index (χ0) is 22.9. The van der Waals surface area contributed by atoms with Crippen LogP contribution in [0.3, 0.4) is 0 Å². The van der Waals surface area contributed by atoms with Crippen LogP contribution in [-0.4, -0.2) is 45.9 Å². The number of rotatable bonds is 11. The fourth-order valence-electron chi connectivity index (χ4n) is 3.74. The number of hydrogen-bond donors (Lipinski definition) is 3. The Morgan fingerprint density at radius 2 is 1.75 bits per heavy atom. The molecule has 32 heavy (non-hydrogen) atoms. The first kappa shape index (κ1) is 23.7. The fourth-order valence-corrected chi connectivity index (χ4v) is 3.74. The molecular weight excluding hydrogens is 410 g/mol. The van der Waals surface area contributed by atoms with Crippen LogP contribution in [0, 0.1) is 0 Å². The number of ether oxygens (including phenoxy) is 4. The summed E-state index contributed by atoms with van der Waals surface area (Å²) in [4.78, 5) is 12.7. The Morgan fingerprint density at radius 1 is 0.969 bits per heavy atom. The summed E-state index contributed by atoms with van der Waals surface area (Å²) >= 11 is 0. The van der Waals surface area contributed by atoms with E-state index in [0.717, 1.165) is 34.1 Å². The van der Waals surface area contributed by atoms with Gasteiger partial charge in [0.15, 0.2) is 11.5 Å². The molecule has 0 bridgehead atoms. The smallest absolute Gasteiger partial charge is 0.238 e. The Morgan fingerprint density at radius 3 is 2.47 bits per heavy atom. The van der Waals surface area contributed by atoms with Crippen LogP contribution >= 0.6 is 0 Å². The van der Waals surface area contributed by atoms with Crippen molar-refractivity contribution in [2.75, 3.05) is 34.0 Å². The van der Waals surface area contributed by atoms with E-state index in [1.54, 1.807) is 14.2 Å². The van der Waals surface area contributed by atoms with Gasteiger partial charge in [0.1, 0.15) is 17.5 Å². The standard InChI is InChI=1S/C24H33N3O5/c1-5-31-21-10-7-16(13-23(21)32-6-2)11-12-25-24(28)20-15-19(26-27-20)18-9-8-17(29-3)14-22(18)30-4/h7-10,13-14,19-20,26-27H,5-6,11-12,15H2,1-4H3,(H,25,28). The van der Waals surface area contributed by atoms with E-state index in [0.29, 0.717) is 32.6 Å². The number of nitrogens with one attached hydrogen (secondary N) is 3. The van der Waals surface area contributed by atoms with Crippen LogP contribution in [0.4, 0.5) is 0 Å². The van der Waals surface area contributed by atoms with Gasteiger partial charge in [0.2, 0.25) is 5.91 Å². The first-order chi connectivity index (χ1) is 15.6. The summed E-state index contributed by atoms with van der Waals surface area (Å²) in [6.45, 7) is 5.58. The molecule has 1 fully saturated rings. The van der Waals surface area contributed by atoms with Gasteiger partial charge in [0.25, 0.3) is 0 Å². The Kier molecular flexibility index (Phi) is 8.58. The van der Waals surface area contributed by atoms with Crippen LogP contribution in [0.2, 0.25) is 0 Å². The second-order valence-corrected chi connectivity index (χ2v) is 7.43. The molecule has 1 saturated heterocycles. The van der Waals surface area contributed by atoms with Crippen LogP contribution in [0.5, 0.6) is 23.0 Å². The molecule has 8 nitrogen and oxygen atoms in total. The first-order valence-electron chi connectivity index (χ1n) is 11.0. The number of methoxy groups -OCH3 is 2. The highest BCUT2D eigenvalue weighted by atomic mass is 16.5. The molecule has 1 amide bonds. The topological polar surface area (TPSA) is 90.1 Å². The van der Waals surface area contributed by atoms with E-state index in [1.165, 1.54) is 0 Å². The van der Waals surface area contributed by atoms with E-state index in [1.807, 2.05) is 50.2 Å². The van der Waals surface area contributed by atoms with Crippen molar-refractivity contribution in [3.05, 3.63) is 47.5 Å². The van der Waals surface area contributed by atoms with Crippen molar-refractivity contribution in [2.24, 2.45) is 0 Å². The van der Waals surface area contributed by atoms with Crippen molar-refractivity contribution >= 4 is 5.91 Å². The second kappa shape index (κ2) is 11.6. The Hall–Kier alpha value is -2.97. The van der Waals surface area contributed by atoms with Crippen molar-refractivity contribution in [1.29, 1.82) is 0 Å². The number of benzene rings is 2. The molecule has 2 aromatic carbocycles. The molecule has 174 valence electrons. The van der Waals surface area contributed by atoms with Crippen LogP contribution < -0.4 is 35.1 Å². The molecule has 0 aromatic heterocycles. The highest BCUT2D eigenvalue weighted by Gasteiger charge is 2.31. The number of carbonyl (C=O) groups is 1. The molecule has 1 aliphatic rings. The molecule has 2 aromatic rings. The molecule has 8 heteroatoms. The lowest BCUT2D eigenvalue weighted by atomic mass is 10.0. The van der Waals surface area contributed by atoms with Gasteiger partial charge in [-0.15, -0.1) is 0 Å². The van der Waals surface area contributed by atoms with Crippen LogP contribution in [0.15, 0.2) is 36.4 Å². The van der Waals surface area contributed by atoms with E-state index in [9.17, 15) is 4.79 Å². The van der Waals surface area contributed by atoms with Gasteiger partial charge in [-0.05, 0) is 50.5 Å². The number of carbonyl (C=O) groups excluding carboxylic acids is 1. The van der Waals surface area contributed by atoms with Crippen molar-refractivity contribution in [3.63, 3.8) is 0 Å². The zero-order valence-electron chi connectivity index (χ0n) is 19.2. The van der Waals surface area contributed by atoms with Gasteiger partial charge in [-0.1, -0.05) is 12.1 Å². The van der Waals surface area contributed by atoms with Gasteiger partial charge >= 0.3 is 0 Å². The summed E-state index contributed by atoms with van der Waals surface area (Å²) in [5, 5.41) is 3.02. The van der Waals surface area contributed by atoms with Gasteiger partial charge < -0.3 is 24.3 Å². The van der Waals surface area contributed by atoms with Gasteiger partial charge in [-0.25, -0.2) is 10.9 Å². The Labute approximate surface area is 189 Å². The minimum Gasteiger partial charge on any atom is -0.497 e. The van der Waals surface area contributed by atoms with E-state index >= 15 is 0 Å². The average Bonchev–Trinajstić information content (AvgIpc) is 3.30. The molecule has 0 aliphatic carbocycles. The summed E-state index contributed by atoms with van der Waals surface area (Å²) in [6, 6.07) is 11.2. The summed E-state index contributed by atoms with van der Waals surface area (Å²) in [5.41, 5.74) is 8.36. The van der Waals surface area contributed by atoms with Gasteiger partial charge in [0.05, 0.1) is 33.5 Å². The normalized spacial score (nSPS) is 17.6. The van der Waals surface area contributed by atoms with Crippen LogP contribution in [0.1, 0.15) is 37.4 Å². The van der Waals surface area contributed by atoms with Gasteiger partial charge in [-0.2, -0.15) is 0 Å². The summed E-state index contributed by atoms with van der Waals surface area (Å²) < 4.78 is 22.0. The molecule has 0 saturated carbocycles. The second-order valence-electron chi connectivity index (χ2n) is 7.43. The maximum absolute atomic E-state index is 12.7. The molecule has 3 N–H and O–H groups in total. The lowest BCUT2D eigenvalue weighted by molar-refractivity contribution is -0.122. The van der Waals surface area contributed by atoms with Crippen molar-refractivity contribution in [3.8, 4) is 23.0 Å². The third-order valence-electron chi connectivity index (χ3n) is 5.36.